The van der Waals surface area contributed by atoms with Crippen LogP contribution in [0.4, 0.5) is 22.7 Å². The molecule has 0 saturated carbocycles. The predicted molar refractivity (Wildman–Crippen MR) is 151 cm³/mol. The molecule has 6 nitrogen and oxygen atoms in total. The lowest BCUT2D eigenvalue weighted by molar-refractivity contribution is -0.421. The molecule has 6 heteroatoms. The Morgan fingerprint density at radius 2 is 1.16 bits per heavy atom. The average molecular weight is 493 g/mol. The SMILES string of the molecule is [C-]1=[N+](c2c(N3CCOCC3)ccc3ccccc23)CCN1c1c(N2CCOCC2)ccc2ccccc12. The van der Waals surface area contributed by atoms with E-state index in [0.717, 1.165) is 65.7 Å². The predicted octanol–water partition coefficient (Wildman–Crippen LogP) is 4.74. The van der Waals surface area contributed by atoms with Crippen molar-refractivity contribution in [2.24, 2.45) is 0 Å². The first-order valence-corrected chi connectivity index (χ1v) is 13.4. The molecule has 0 N–H and O–H groups in total. The quantitative estimate of drug-likeness (QED) is 0.304. The summed E-state index contributed by atoms with van der Waals surface area (Å²) < 4.78 is 13.7. The number of nitrogens with zero attached hydrogens (tertiary/aromatic N) is 4. The van der Waals surface area contributed by atoms with Crippen molar-refractivity contribution in [1.82, 2.24) is 0 Å². The standard InChI is InChI=1S/C31H32N4O2/c1-3-7-26-24(5-1)9-11-28(32-15-19-36-20-16-32)30(26)34-13-14-35(23-34)31-27-8-4-2-6-25(27)10-12-29(31)33-17-21-37-22-18-33/h1-12H,13-22H2. The molecule has 37 heavy (non-hydrogen) atoms. The monoisotopic (exact) mass is 492 g/mol. The van der Waals surface area contributed by atoms with Crippen molar-refractivity contribution in [3.63, 3.8) is 0 Å². The van der Waals surface area contributed by atoms with Gasteiger partial charge in [0, 0.05) is 37.6 Å². The molecular weight excluding hydrogens is 460 g/mol. The van der Waals surface area contributed by atoms with Gasteiger partial charge in [0.15, 0.2) is 0 Å². The maximum Gasteiger partial charge on any atom is 0.206 e. The summed E-state index contributed by atoms with van der Waals surface area (Å²) in [5.41, 5.74) is 5.02. The van der Waals surface area contributed by atoms with Crippen LogP contribution in [0.5, 0.6) is 0 Å². The smallest absolute Gasteiger partial charge is 0.206 e. The van der Waals surface area contributed by atoms with Gasteiger partial charge in [0.05, 0.1) is 37.8 Å². The van der Waals surface area contributed by atoms with E-state index in [-0.39, 0.29) is 0 Å². The van der Waals surface area contributed by atoms with E-state index in [0.29, 0.717) is 0 Å². The molecule has 0 amide bonds. The van der Waals surface area contributed by atoms with Gasteiger partial charge in [-0.2, -0.15) is 0 Å². The van der Waals surface area contributed by atoms with Gasteiger partial charge in [-0.3, -0.25) is 0 Å². The number of rotatable bonds is 4. The summed E-state index contributed by atoms with van der Waals surface area (Å²) >= 11 is 0. The highest BCUT2D eigenvalue weighted by Crippen LogP contribution is 2.40. The Hall–Kier alpha value is -3.61. The molecule has 0 radical (unpaired) electrons. The summed E-state index contributed by atoms with van der Waals surface area (Å²) in [4.78, 5) is 7.28. The molecule has 0 aliphatic carbocycles. The average Bonchev–Trinajstić information content (AvgIpc) is 3.46. The molecule has 7 rings (SSSR count). The van der Waals surface area contributed by atoms with Crippen LogP contribution in [0.3, 0.4) is 0 Å². The van der Waals surface area contributed by atoms with Crippen LogP contribution in [0.2, 0.25) is 0 Å². The number of hydrogen-bond acceptors (Lipinski definition) is 5. The minimum atomic E-state index is 0.769. The Kier molecular flexibility index (Phi) is 5.91. The van der Waals surface area contributed by atoms with Crippen molar-refractivity contribution < 1.29 is 14.0 Å². The third-order valence-corrected chi connectivity index (χ3v) is 7.79. The largest absolute Gasteiger partial charge is 0.378 e. The van der Waals surface area contributed by atoms with Crippen molar-refractivity contribution in [1.29, 1.82) is 0 Å². The minimum absolute atomic E-state index is 0.769. The minimum Gasteiger partial charge on any atom is -0.378 e. The third-order valence-electron chi connectivity index (χ3n) is 7.79. The van der Waals surface area contributed by atoms with Crippen LogP contribution >= 0.6 is 0 Å². The molecule has 0 atom stereocenters. The molecule has 0 unspecified atom stereocenters. The van der Waals surface area contributed by atoms with Crippen molar-refractivity contribution in [3.8, 4) is 0 Å². The van der Waals surface area contributed by atoms with Crippen molar-refractivity contribution in [3.05, 3.63) is 72.8 Å². The summed E-state index contributed by atoms with van der Waals surface area (Å²) in [7, 11) is 0. The van der Waals surface area contributed by atoms with E-state index >= 15 is 0 Å². The highest BCUT2D eigenvalue weighted by atomic mass is 16.5. The lowest BCUT2D eigenvalue weighted by atomic mass is 10.1. The fourth-order valence-corrected chi connectivity index (χ4v) is 5.94. The summed E-state index contributed by atoms with van der Waals surface area (Å²) in [5, 5.41) is 5.06. The van der Waals surface area contributed by atoms with Crippen molar-refractivity contribution >= 4 is 50.6 Å². The van der Waals surface area contributed by atoms with Crippen molar-refractivity contribution in [2.75, 3.05) is 80.4 Å². The zero-order chi connectivity index (χ0) is 24.6. The Balaban J connectivity index is 1.37. The first kappa shape index (κ1) is 22.6. The summed E-state index contributed by atoms with van der Waals surface area (Å²) in [6.07, 6.45) is 3.82. The van der Waals surface area contributed by atoms with Crippen LogP contribution in [0.25, 0.3) is 21.5 Å². The molecule has 0 bridgehead atoms. The fourth-order valence-electron chi connectivity index (χ4n) is 5.94. The summed E-state index contributed by atoms with van der Waals surface area (Å²) in [6, 6.07) is 26.5. The molecule has 2 saturated heterocycles. The van der Waals surface area contributed by atoms with Gasteiger partial charge in [-0.25, -0.2) is 0 Å². The van der Waals surface area contributed by atoms with E-state index < -0.39 is 0 Å². The molecule has 4 aromatic carbocycles. The second-order valence-corrected chi connectivity index (χ2v) is 9.91. The van der Waals surface area contributed by atoms with Crippen molar-refractivity contribution in [2.45, 2.75) is 0 Å². The van der Waals surface area contributed by atoms with Gasteiger partial charge in [0.2, 0.25) is 6.34 Å². The Bertz CT molecular complexity index is 1470. The van der Waals surface area contributed by atoms with Gasteiger partial charge >= 0.3 is 0 Å². The van der Waals surface area contributed by atoms with Crippen LogP contribution in [0.15, 0.2) is 72.8 Å². The number of morpholine rings is 2. The molecular formula is C31H32N4O2. The molecule has 0 aromatic heterocycles. The topological polar surface area (TPSA) is 31.2 Å². The number of benzene rings is 4. The van der Waals surface area contributed by atoms with Gasteiger partial charge in [-0.1, -0.05) is 60.7 Å². The molecule has 188 valence electrons. The molecule has 0 spiro atoms. The van der Waals surface area contributed by atoms with Gasteiger partial charge < -0.3 is 28.7 Å². The lowest BCUT2D eigenvalue weighted by Crippen LogP contribution is -2.37. The van der Waals surface area contributed by atoms with Gasteiger partial charge in [-0.05, 0) is 33.7 Å². The number of anilines is 3. The molecule has 2 fully saturated rings. The van der Waals surface area contributed by atoms with Gasteiger partial charge in [0.1, 0.15) is 13.1 Å². The second kappa shape index (κ2) is 9.69. The Morgan fingerprint density at radius 1 is 0.595 bits per heavy atom. The van der Waals surface area contributed by atoms with Crippen LogP contribution < -0.4 is 14.7 Å². The Labute approximate surface area is 217 Å². The third kappa shape index (κ3) is 4.10. The number of fused-ring (bicyclic) bond motifs is 2. The maximum absolute atomic E-state index is 5.67. The molecule has 3 aliphatic heterocycles. The number of hydrogen-bond donors (Lipinski definition) is 0. The number of ether oxygens (including phenoxy) is 2. The molecule has 3 heterocycles. The van der Waals surface area contributed by atoms with Gasteiger partial charge in [0.25, 0.3) is 0 Å². The summed E-state index contributed by atoms with van der Waals surface area (Å²) in [6.45, 7) is 8.49. The first-order valence-electron chi connectivity index (χ1n) is 13.4. The van der Waals surface area contributed by atoms with E-state index in [1.54, 1.807) is 0 Å². The molecule has 4 aromatic rings. The van der Waals surface area contributed by atoms with E-state index in [4.69, 9.17) is 9.47 Å². The zero-order valence-electron chi connectivity index (χ0n) is 21.1. The molecule has 3 aliphatic rings. The van der Waals surface area contributed by atoms with Crippen LogP contribution in [0, 0.1) is 0 Å². The summed E-state index contributed by atoms with van der Waals surface area (Å²) in [5.74, 6) is 0. The van der Waals surface area contributed by atoms with E-state index in [1.165, 1.54) is 44.3 Å². The van der Waals surface area contributed by atoms with Gasteiger partial charge in [-0.15, -0.1) is 0 Å². The lowest BCUT2D eigenvalue weighted by Gasteiger charge is -2.33. The zero-order valence-corrected chi connectivity index (χ0v) is 21.1. The maximum atomic E-state index is 5.67. The van der Waals surface area contributed by atoms with Crippen LogP contribution in [-0.2, 0) is 9.47 Å². The van der Waals surface area contributed by atoms with E-state index in [2.05, 4.69) is 98.4 Å². The highest BCUT2D eigenvalue weighted by Gasteiger charge is 2.26. The van der Waals surface area contributed by atoms with E-state index in [1.807, 2.05) is 0 Å². The Morgan fingerprint density at radius 3 is 1.86 bits per heavy atom. The second-order valence-electron chi connectivity index (χ2n) is 9.91. The first-order chi connectivity index (χ1) is 18.4. The van der Waals surface area contributed by atoms with E-state index in [9.17, 15) is 0 Å². The fraction of sp³-hybridized carbons (Fsp3) is 0.323. The highest BCUT2D eigenvalue weighted by molar-refractivity contribution is 6.06. The van der Waals surface area contributed by atoms with Crippen LogP contribution in [-0.4, -0.2) is 76.6 Å². The normalized spacial score (nSPS) is 18.6. The van der Waals surface area contributed by atoms with Crippen LogP contribution in [0.1, 0.15) is 0 Å².